The molecule has 0 unspecified atom stereocenters. The van der Waals surface area contributed by atoms with Crippen molar-refractivity contribution in [3.05, 3.63) is 30.1 Å². The molecule has 0 bridgehead atoms. The summed E-state index contributed by atoms with van der Waals surface area (Å²) in [6.07, 6.45) is -1.67. The van der Waals surface area contributed by atoms with Crippen molar-refractivity contribution in [3.63, 3.8) is 0 Å². The molecule has 3 saturated heterocycles. The van der Waals surface area contributed by atoms with Crippen LogP contribution in [0.4, 0.5) is 10.1 Å². The zero-order valence-electron chi connectivity index (χ0n) is 16.2. The average Bonchev–Trinajstić information content (AvgIpc) is 3.20. The van der Waals surface area contributed by atoms with Gasteiger partial charge in [0.1, 0.15) is 24.1 Å². The van der Waals surface area contributed by atoms with Crippen molar-refractivity contribution in [2.75, 3.05) is 11.9 Å². The number of benzene rings is 1. The topological polar surface area (TPSA) is 70.2 Å². The lowest BCUT2D eigenvalue weighted by atomic mass is 10.0. The van der Waals surface area contributed by atoms with Gasteiger partial charge >= 0.3 is 0 Å². The van der Waals surface area contributed by atoms with Gasteiger partial charge < -0.3 is 34.3 Å². The van der Waals surface area contributed by atoms with Crippen LogP contribution in [0.15, 0.2) is 24.3 Å². The van der Waals surface area contributed by atoms with Crippen LogP contribution in [0, 0.1) is 5.82 Å². The number of rotatable bonds is 3. The van der Waals surface area contributed by atoms with Gasteiger partial charge in [-0.15, -0.1) is 0 Å². The fourth-order valence-corrected chi connectivity index (χ4v) is 4.01. The maximum atomic E-state index is 13.9. The fraction of sp³-hybridized carbons (Fsp3) is 0.632. The Balaban J connectivity index is 1.50. The predicted octanol–water partition coefficient (Wildman–Crippen LogP) is 2.51. The monoisotopic (exact) mass is 412 g/mol. The van der Waals surface area contributed by atoms with E-state index in [4.69, 9.17) is 35.9 Å². The summed E-state index contributed by atoms with van der Waals surface area (Å²) >= 11 is 5.41. The van der Waals surface area contributed by atoms with E-state index >= 15 is 0 Å². The Labute approximate surface area is 168 Å². The number of thiocarbonyl (C=S) groups is 1. The lowest BCUT2D eigenvalue weighted by molar-refractivity contribution is -0.223. The summed E-state index contributed by atoms with van der Waals surface area (Å²) in [6, 6.07) is 5.97. The molecule has 0 aliphatic carbocycles. The van der Waals surface area contributed by atoms with Crippen molar-refractivity contribution in [1.29, 1.82) is 0 Å². The number of halogens is 1. The molecule has 0 aromatic heterocycles. The molecule has 4 rings (SSSR count). The van der Waals surface area contributed by atoms with Crippen LogP contribution in [0.5, 0.6) is 0 Å². The smallest absolute Gasteiger partial charge is 0.189 e. The highest BCUT2D eigenvalue weighted by Gasteiger charge is 2.58. The van der Waals surface area contributed by atoms with Gasteiger partial charge in [0.2, 0.25) is 0 Å². The Morgan fingerprint density at radius 1 is 1.07 bits per heavy atom. The van der Waals surface area contributed by atoms with Gasteiger partial charge in [0, 0.05) is 0 Å². The highest BCUT2D eigenvalue weighted by Crippen LogP contribution is 2.40. The van der Waals surface area contributed by atoms with E-state index < -0.39 is 30.1 Å². The van der Waals surface area contributed by atoms with Crippen LogP contribution < -0.4 is 10.6 Å². The summed E-state index contributed by atoms with van der Waals surface area (Å²) in [6.45, 7) is 7.74. The lowest BCUT2D eigenvalue weighted by Gasteiger charge is -2.30. The van der Waals surface area contributed by atoms with E-state index in [1.807, 2.05) is 27.7 Å². The molecule has 154 valence electrons. The first-order valence-corrected chi connectivity index (χ1v) is 9.69. The normalized spacial score (nSPS) is 35.5. The van der Waals surface area contributed by atoms with E-state index in [9.17, 15) is 4.39 Å². The first-order valence-electron chi connectivity index (χ1n) is 9.28. The molecule has 1 aromatic carbocycles. The van der Waals surface area contributed by atoms with E-state index in [-0.39, 0.29) is 28.8 Å². The molecule has 3 aliphatic heterocycles. The number of hydrogen-bond acceptors (Lipinski definition) is 6. The fourth-order valence-electron chi connectivity index (χ4n) is 3.76. The number of ether oxygens (including phenoxy) is 5. The molecule has 0 spiro atoms. The zero-order chi connectivity index (χ0) is 20.1. The highest BCUT2D eigenvalue weighted by atomic mass is 32.1. The third-order valence-corrected chi connectivity index (χ3v) is 5.12. The van der Waals surface area contributed by atoms with Gasteiger partial charge in [-0.2, -0.15) is 0 Å². The van der Waals surface area contributed by atoms with E-state index in [2.05, 4.69) is 10.6 Å². The standard InChI is InChI=1S/C19H25FN2O5S/c1-18(2)23-9-12(25-18)14-13(15-16(24-14)27-19(3,4)26-15)22-17(28)21-11-8-6-5-7-10(11)20/h5-8,12-16H,9H2,1-4H3,(H2,21,22,28)/t12-,13-,14-,15-,16-/m1/s1. The minimum absolute atomic E-state index is 0.260. The Kier molecular flexibility index (Phi) is 5.09. The molecule has 9 heteroatoms. The number of nitrogens with one attached hydrogen (secondary N) is 2. The second-order valence-corrected chi connectivity index (χ2v) is 8.45. The number of anilines is 1. The summed E-state index contributed by atoms with van der Waals surface area (Å²) in [5, 5.41) is 6.35. The Morgan fingerprint density at radius 2 is 1.82 bits per heavy atom. The average molecular weight is 412 g/mol. The molecular weight excluding hydrogens is 387 g/mol. The summed E-state index contributed by atoms with van der Waals surface area (Å²) in [4.78, 5) is 0. The molecule has 1 aromatic rings. The van der Waals surface area contributed by atoms with Gasteiger partial charge in [-0.1, -0.05) is 12.1 Å². The summed E-state index contributed by atoms with van der Waals surface area (Å²) in [7, 11) is 0. The van der Waals surface area contributed by atoms with Crippen LogP contribution in [-0.4, -0.2) is 53.9 Å². The largest absolute Gasteiger partial charge is 0.354 e. The van der Waals surface area contributed by atoms with Crippen molar-refractivity contribution in [3.8, 4) is 0 Å². The molecule has 3 fully saturated rings. The van der Waals surface area contributed by atoms with Crippen molar-refractivity contribution >= 4 is 23.0 Å². The van der Waals surface area contributed by atoms with Crippen molar-refractivity contribution in [1.82, 2.24) is 5.32 Å². The van der Waals surface area contributed by atoms with E-state index in [1.54, 1.807) is 18.2 Å². The number of hydrogen-bond donors (Lipinski definition) is 2. The Morgan fingerprint density at radius 3 is 2.50 bits per heavy atom. The first kappa shape index (κ1) is 19.9. The molecule has 3 aliphatic rings. The lowest BCUT2D eigenvalue weighted by Crippen LogP contribution is -2.53. The predicted molar refractivity (Wildman–Crippen MR) is 103 cm³/mol. The SMILES string of the molecule is CC1(C)O[C@H]2O[C@H]([C@H]3COC(C)(C)O3)[C@@H](NC(=S)Nc3ccccc3F)[C@H]2O1. The van der Waals surface area contributed by atoms with E-state index in [1.165, 1.54) is 6.07 Å². The van der Waals surface area contributed by atoms with E-state index in [0.29, 0.717) is 6.61 Å². The summed E-state index contributed by atoms with van der Waals surface area (Å²) in [5.41, 5.74) is 0.289. The maximum absolute atomic E-state index is 13.9. The van der Waals surface area contributed by atoms with E-state index in [0.717, 1.165) is 0 Å². The van der Waals surface area contributed by atoms with Gasteiger partial charge in [0.15, 0.2) is 23.0 Å². The van der Waals surface area contributed by atoms with Crippen LogP contribution >= 0.6 is 12.2 Å². The van der Waals surface area contributed by atoms with Crippen molar-refractivity contribution in [2.45, 2.75) is 69.9 Å². The molecule has 0 amide bonds. The molecule has 7 nitrogen and oxygen atoms in total. The first-order chi connectivity index (χ1) is 13.1. The highest BCUT2D eigenvalue weighted by molar-refractivity contribution is 7.80. The van der Waals surface area contributed by atoms with Gasteiger partial charge in [0.25, 0.3) is 0 Å². The Hall–Kier alpha value is -1.36. The molecule has 5 atom stereocenters. The summed E-state index contributed by atoms with van der Waals surface area (Å²) in [5.74, 6) is -1.85. The van der Waals surface area contributed by atoms with Gasteiger partial charge in [0.05, 0.1) is 18.3 Å². The molecule has 3 heterocycles. The second kappa shape index (κ2) is 7.16. The van der Waals surface area contributed by atoms with Crippen molar-refractivity contribution < 1.29 is 28.1 Å². The summed E-state index contributed by atoms with van der Waals surface area (Å²) < 4.78 is 43.6. The van der Waals surface area contributed by atoms with Crippen molar-refractivity contribution in [2.24, 2.45) is 0 Å². The third-order valence-electron chi connectivity index (χ3n) is 4.90. The van der Waals surface area contributed by atoms with Crippen LogP contribution in [-0.2, 0) is 23.7 Å². The quantitative estimate of drug-likeness (QED) is 0.734. The van der Waals surface area contributed by atoms with Gasteiger partial charge in [-0.3, -0.25) is 0 Å². The number of para-hydroxylation sites is 1. The Bertz CT molecular complexity index is 762. The maximum Gasteiger partial charge on any atom is 0.189 e. The van der Waals surface area contributed by atoms with Gasteiger partial charge in [-0.25, -0.2) is 4.39 Å². The van der Waals surface area contributed by atoms with Crippen LogP contribution in [0.1, 0.15) is 27.7 Å². The van der Waals surface area contributed by atoms with Crippen LogP contribution in [0.25, 0.3) is 0 Å². The number of fused-ring (bicyclic) bond motifs is 1. The van der Waals surface area contributed by atoms with Crippen LogP contribution in [0.3, 0.4) is 0 Å². The zero-order valence-corrected chi connectivity index (χ0v) is 17.0. The molecular formula is C19H25FN2O5S. The molecule has 2 N–H and O–H groups in total. The molecule has 0 saturated carbocycles. The van der Waals surface area contributed by atoms with Gasteiger partial charge in [-0.05, 0) is 52.0 Å². The molecule has 0 radical (unpaired) electrons. The molecule has 28 heavy (non-hydrogen) atoms. The minimum atomic E-state index is -0.771. The third kappa shape index (κ3) is 4.00. The van der Waals surface area contributed by atoms with Crippen LogP contribution in [0.2, 0.25) is 0 Å². The minimum Gasteiger partial charge on any atom is -0.354 e. The second-order valence-electron chi connectivity index (χ2n) is 8.04.